The molecule has 0 radical (unpaired) electrons. The second-order valence-corrected chi connectivity index (χ2v) is 15.2. The number of benzene rings is 10. The summed E-state index contributed by atoms with van der Waals surface area (Å²) in [5.74, 6) is 0. The van der Waals surface area contributed by atoms with Crippen molar-refractivity contribution >= 4 is 109 Å². The molecule has 0 saturated carbocycles. The standard InChI is InChI=1S/C52H34N2S/c1-3-19-39(20-4-1)53(41-29-27-35-15-7-9-17-37(35)31-41)48-33-47-51-45-25-13-11-23-43(45)49(34-50(51)55-52(47)46-26-14-12-24-44(46)48)54(40-21-5-2-6-22-40)42-30-28-36-16-8-10-18-38(36)32-42/h1-34H. The van der Waals surface area contributed by atoms with Gasteiger partial charge in [-0.2, -0.15) is 0 Å². The topological polar surface area (TPSA) is 6.48 Å². The predicted octanol–water partition coefficient (Wildman–Crippen LogP) is 15.6. The molecule has 0 saturated heterocycles. The van der Waals surface area contributed by atoms with E-state index in [1.165, 1.54) is 74.6 Å². The maximum atomic E-state index is 2.45. The number of fused-ring (bicyclic) bond motifs is 9. The first kappa shape index (κ1) is 31.6. The van der Waals surface area contributed by atoms with Crippen molar-refractivity contribution < 1.29 is 0 Å². The zero-order chi connectivity index (χ0) is 36.3. The van der Waals surface area contributed by atoms with Gasteiger partial charge in [0.15, 0.2) is 0 Å². The molecule has 258 valence electrons. The Hall–Kier alpha value is -6.94. The van der Waals surface area contributed by atoms with E-state index in [1.807, 2.05) is 11.3 Å². The minimum absolute atomic E-state index is 1.13. The fourth-order valence-electron chi connectivity index (χ4n) is 8.44. The van der Waals surface area contributed by atoms with Crippen LogP contribution in [0.2, 0.25) is 0 Å². The lowest BCUT2D eigenvalue weighted by Gasteiger charge is -2.28. The lowest BCUT2D eigenvalue weighted by Crippen LogP contribution is -2.10. The van der Waals surface area contributed by atoms with E-state index in [-0.39, 0.29) is 0 Å². The van der Waals surface area contributed by atoms with Crippen LogP contribution < -0.4 is 9.80 Å². The molecule has 0 aliphatic rings. The maximum absolute atomic E-state index is 2.45. The Morgan fingerprint density at radius 1 is 0.291 bits per heavy atom. The van der Waals surface area contributed by atoms with Gasteiger partial charge in [0.25, 0.3) is 0 Å². The number of nitrogens with zero attached hydrogens (tertiary/aromatic N) is 2. The van der Waals surface area contributed by atoms with E-state index < -0.39 is 0 Å². The van der Waals surface area contributed by atoms with Crippen LogP contribution >= 0.6 is 11.3 Å². The van der Waals surface area contributed by atoms with Crippen molar-refractivity contribution in [2.45, 2.75) is 0 Å². The molecule has 11 rings (SSSR count). The number of rotatable bonds is 6. The number of anilines is 6. The summed E-state index contributed by atoms with van der Waals surface area (Å²) in [5, 5.41) is 12.4. The van der Waals surface area contributed by atoms with Crippen LogP contribution in [0.15, 0.2) is 206 Å². The van der Waals surface area contributed by atoms with Gasteiger partial charge in [-0.1, -0.05) is 146 Å². The molecule has 0 bridgehead atoms. The molecular formula is C52H34N2S. The Morgan fingerprint density at radius 2 is 0.727 bits per heavy atom. The second-order valence-electron chi connectivity index (χ2n) is 14.1. The van der Waals surface area contributed by atoms with Gasteiger partial charge in [-0.3, -0.25) is 0 Å². The molecule has 0 aliphatic heterocycles. The number of hydrogen-bond acceptors (Lipinski definition) is 3. The van der Waals surface area contributed by atoms with Crippen molar-refractivity contribution in [1.82, 2.24) is 0 Å². The van der Waals surface area contributed by atoms with Crippen molar-refractivity contribution in [1.29, 1.82) is 0 Å². The van der Waals surface area contributed by atoms with Crippen LogP contribution in [0.1, 0.15) is 0 Å². The lowest BCUT2D eigenvalue weighted by molar-refractivity contribution is 1.31. The summed E-state index contributed by atoms with van der Waals surface area (Å²) in [6.07, 6.45) is 0. The molecule has 3 heteroatoms. The van der Waals surface area contributed by atoms with Crippen LogP contribution in [0.25, 0.3) is 63.3 Å². The van der Waals surface area contributed by atoms with Crippen LogP contribution in [0.5, 0.6) is 0 Å². The van der Waals surface area contributed by atoms with E-state index in [2.05, 4.69) is 216 Å². The van der Waals surface area contributed by atoms with E-state index >= 15 is 0 Å². The zero-order valence-corrected chi connectivity index (χ0v) is 30.7. The molecule has 2 nitrogen and oxygen atoms in total. The first-order valence-electron chi connectivity index (χ1n) is 18.8. The van der Waals surface area contributed by atoms with Crippen LogP contribution in [-0.2, 0) is 0 Å². The highest BCUT2D eigenvalue weighted by atomic mass is 32.1. The third-order valence-corrected chi connectivity index (χ3v) is 12.1. The largest absolute Gasteiger partial charge is 0.310 e. The molecule has 1 aromatic heterocycles. The minimum Gasteiger partial charge on any atom is -0.310 e. The van der Waals surface area contributed by atoms with E-state index in [0.29, 0.717) is 0 Å². The Bertz CT molecular complexity index is 3220. The van der Waals surface area contributed by atoms with E-state index in [0.717, 1.165) is 22.7 Å². The fourth-order valence-corrected chi connectivity index (χ4v) is 9.71. The quantitative estimate of drug-likeness (QED) is 0.169. The normalized spacial score (nSPS) is 11.6. The highest BCUT2D eigenvalue weighted by Crippen LogP contribution is 2.51. The van der Waals surface area contributed by atoms with Gasteiger partial charge in [0.1, 0.15) is 0 Å². The zero-order valence-electron chi connectivity index (χ0n) is 29.9. The van der Waals surface area contributed by atoms with Gasteiger partial charge >= 0.3 is 0 Å². The van der Waals surface area contributed by atoms with Gasteiger partial charge < -0.3 is 9.80 Å². The molecule has 0 amide bonds. The molecule has 1 heterocycles. The average molecular weight is 719 g/mol. The summed E-state index contributed by atoms with van der Waals surface area (Å²) < 4.78 is 2.57. The summed E-state index contributed by atoms with van der Waals surface area (Å²) in [6, 6.07) is 75.2. The predicted molar refractivity (Wildman–Crippen MR) is 239 cm³/mol. The van der Waals surface area contributed by atoms with Crippen molar-refractivity contribution in [3.63, 3.8) is 0 Å². The van der Waals surface area contributed by atoms with Crippen LogP contribution in [-0.4, -0.2) is 0 Å². The summed E-state index contributed by atoms with van der Waals surface area (Å²) in [5.41, 5.74) is 6.86. The van der Waals surface area contributed by atoms with E-state index in [4.69, 9.17) is 0 Å². The molecule has 0 spiro atoms. The molecule has 10 aromatic carbocycles. The third kappa shape index (κ3) is 5.24. The van der Waals surface area contributed by atoms with Crippen molar-refractivity contribution in [2.75, 3.05) is 9.80 Å². The fraction of sp³-hybridized carbons (Fsp3) is 0. The van der Waals surface area contributed by atoms with Crippen LogP contribution in [0, 0.1) is 0 Å². The maximum Gasteiger partial charge on any atom is 0.0554 e. The Labute approximate surface area is 323 Å². The van der Waals surface area contributed by atoms with E-state index in [9.17, 15) is 0 Å². The molecule has 0 fully saturated rings. The first-order chi connectivity index (χ1) is 27.3. The first-order valence-corrected chi connectivity index (χ1v) is 19.6. The van der Waals surface area contributed by atoms with Crippen molar-refractivity contribution in [3.05, 3.63) is 206 Å². The Kier molecular flexibility index (Phi) is 7.39. The molecule has 0 aliphatic carbocycles. The number of para-hydroxylation sites is 2. The minimum atomic E-state index is 1.13. The number of thiophene rings is 1. The second kappa shape index (κ2) is 12.9. The van der Waals surface area contributed by atoms with Crippen LogP contribution in [0.4, 0.5) is 34.1 Å². The molecule has 0 unspecified atom stereocenters. The van der Waals surface area contributed by atoms with E-state index in [1.54, 1.807) is 0 Å². The summed E-state index contributed by atoms with van der Waals surface area (Å²) in [4.78, 5) is 4.87. The molecule has 55 heavy (non-hydrogen) atoms. The monoisotopic (exact) mass is 718 g/mol. The molecule has 11 aromatic rings. The van der Waals surface area contributed by atoms with Gasteiger partial charge in [-0.05, 0) is 87.6 Å². The van der Waals surface area contributed by atoms with Crippen molar-refractivity contribution in [2.24, 2.45) is 0 Å². The summed E-state index contributed by atoms with van der Waals surface area (Å²) in [6.45, 7) is 0. The van der Waals surface area contributed by atoms with Crippen LogP contribution in [0.3, 0.4) is 0 Å². The number of hydrogen-bond donors (Lipinski definition) is 0. The highest BCUT2D eigenvalue weighted by molar-refractivity contribution is 7.27. The molecule has 0 N–H and O–H groups in total. The summed E-state index contributed by atoms with van der Waals surface area (Å²) >= 11 is 1.90. The van der Waals surface area contributed by atoms with Gasteiger partial charge in [0, 0.05) is 59.1 Å². The Morgan fingerprint density at radius 3 is 1.29 bits per heavy atom. The average Bonchev–Trinajstić information content (AvgIpc) is 3.63. The summed E-state index contributed by atoms with van der Waals surface area (Å²) in [7, 11) is 0. The third-order valence-electron chi connectivity index (χ3n) is 10.9. The van der Waals surface area contributed by atoms with Gasteiger partial charge in [0.05, 0.1) is 11.4 Å². The van der Waals surface area contributed by atoms with Gasteiger partial charge in [-0.25, -0.2) is 0 Å². The lowest BCUT2D eigenvalue weighted by atomic mass is 9.97. The SMILES string of the molecule is c1ccc(N(c2ccc3ccccc3c2)c2cc3c(sc4cc(N(c5ccccc5)c5ccc6ccccc6c5)c5ccccc5c43)c3ccccc23)cc1. The van der Waals surface area contributed by atoms with Gasteiger partial charge in [-0.15, -0.1) is 11.3 Å². The smallest absolute Gasteiger partial charge is 0.0554 e. The molecular weight excluding hydrogens is 685 g/mol. The highest BCUT2D eigenvalue weighted by Gasteiger charge is 2.23. The van der Waals surface area contributed by atoms with Crippen molar-refractivity contribution in [3.8, 4) is 0 Å². The Balaban J connectivity index is 1.21. The van der Waals surface area contributed by atoms with Gasteiger partial charge in [0.2, 0.25) is 0 Å². The molecule has 0 atom stereocenters.